The monoisotopic (exact) mass is 486 g/mol. The van der Waals surface area contributed by atoms with E-state index in [1.807, 2.05) is 30.3 Å². The lowest BCUT2D eigenvalue weighted by Crippen LogP contribution is -2.34. The molecule has 0 unspecified atom stereocenters. The summed E-state index contributed by atoms with van der Waals surface area (Å²) >= 11 is 4.69. The van der Waals surface area contributed by atoms with Gasteiger partial charge in [-0.05, 0) is 53.0 Å². The van der Waals surface area contributed by atoms with Gasteiger partial charge >= 0.3 is 0 Å². The molecule has 1 aliphatic rings. The molecule has 4 rings (SSSR count). The van der Waals surface area contributed by atoms with Crippen molar-refractivity contribution >= 4 is 45.2 Å². The van der Waals surface area contributed by atoms with Gasteiger partial charge < -0.3 is 10.6 Å². The standard InChI is InChI=1S/C20H19BrN6O2S/c21-15-5-1-2-6-16(15)24-17(28)11-23-18(29)12-30-20-26-25-19(27(20)14-7-8-14)13-4-3-9-22-10-13/h1-6,9-10,14H,7-8,11-12H2,(H,23,29)(H,24,28). The van der Waals surface area contributed by atoms with E-state index >= 15 is 0 Å². The Morgan fingerprint density at radius 2 is 1.97 bits per heavy atom. The summed E-state index contributed by atoms with van der Waals surface area (Å²) in [7, 11) is 0. The topological polar surface area (TPSA) is 102 Å². The van der Waals surface area contributed by atoms with Crippen LogP contribution in [0.4, 0.5) is 5.69 Å². The molecule has 1 aliphatic carbocycles. The predicted molar refractivity (Wildman–Crippen MR) is 118 cm³/mol. The number of thioether (sulfide) groups is 1. The van der Waals surface area contributed by atoms with E-state index in [1.54, 1.807) is 18.5 Å². The SMILES string of the molecule is O=C(CSc1nnc(-c2cccnc2)n1C1CC1)NCC(=O)Nc1ccccc1Br. The van der Waals surface area contributed by atoms with Crippen molar-refractivity contribution in [3.63, 3.8) is 0 Å². The van der Waals surface area contributed by atoms with Crippen LogP contribution in [-0.4, -0.2) is 43.9 Å². The summed E-state index contributed by atoms with van der Waals surface area (Å²) in [5.41, 5.74) is 1.56. The first-order valence-electron chi connectivity index (χ1n) is 9.41. The van der Waals surface area contributed by atoms with E-state index in [9.17, 15) is 9.59 Å². The van der Waals surface area contributed by atoms with E-state index < -0.39 is 0 Å². The number of carbonyl (C=O) groups excluding carboxylic acids is 2. The fourth-order valence-corrected chi connectivity index (χ4v) is 4.07. The molecule has 0 spiro atoms. The second-order valence-electron chi connectivity index (χ2n) is 6.74. The lowest BCUT2D eigenvalue weighted by molar-refractivity contribution is -0.122. The molecule has 1 saturated carbocycles. The predicted octanol–water partition coefficient (Wildman–Crippen LogP) is 3.28. The van der Waals surface area contributed by atoms with Crippen LogP contribution in [0.1, 0.15) is 18.9 Å². The number of carbonyl (C=O) groups is 2. The molecule has 3 aromatic rings. The zero-order valence-corrected chi connectivity index (χ0v) is 18.3. The number of rotatable bonds is 8. The minimum Gasteiger partial charge on any atom is -0.346 e. The van der Waals surface area contributed by atoms with E-state index in [2.05, 4.69) is 46.3 Å². The number of pyridine rings is 1. The number of aromatic nitrogens is 4. The van der Waals surface area contributed by atoms with Crippen LogP contribution >= 0.6 is 27.7 Å². The normalized spacial score (nSPS) is 13.1. The molecule has 0 atom stereocenters. The zero-order chi connectivity index (χ0) is 20.9. The van der Waals surface area contributed by atoms with Crippen molar-refractivity contribution < 1.29 is 9.59 Å². The number of benzene rings is 1. The van der Waals surface area contributed by atoms with Gasteiger partial charge in [0.2, 0.25) is 11.8 Å². The van der Waals surface area contributed by atoms with Gasteiger partial charge in [-0.3, -0.25) is 19.1 Å². The maximum Gasteiger partial charge on any atom is 0.243 e. The lowest BCUT2D eigenvalue weighted by atomic mass is 10.3. The van der Waals surface area contributed by atoms with E-state index in [-0.39, 0.29) is 24.1 Å². The summed E-state index contributed by atoms with van der Waals surface area (Å²) < 4.78 is 2.86. The molecule has 2 aromatic heterocycles. The third-order valence-corrected chi connectivity index (χ3v) is 6.06. The third kappa shape index (κ3) is 5.06. The molecule has 30 heavy (non-hydrogen) atoms. The van der Waals surface area contributed by atoms with Crippen LogP contribution in [0.15, 0.2) is 58.4 Å². The number of nitrogens with zero attached hydrogens (tertiary/aromatic N) is 4. The van der Waals surface area contributed by atoms with Crippen LogP contribution < -0.4 is 10.6 Å². The number of para-hydroxylation sites is 1. The smallest absolute Gasteiger partial charge is 0.243 e. The van der Waals surface area contributed by atoms with Crippen molar-refractivity contribution in [2.24, 2.45) is 0 Å². The quantitative estimate of drug-likeness (QED) is 0.473. The number of hydrogen-bond donors (Lipinski definition) is 2. The van der Waals surface area contributed by atoms with Gasteiger partial charge in [0.1, 0.15) is 0 Å². The summed E-state index contributed by atoms with van der Waals surface area (Å²) in [4.78, 5) is 28.4. The van der Waals surface area contributed by atoms with Crippen LogP contribution in [0.3, 0.4) is 0 Å². The molecule has 1 fully saturated rings. The summed E-state index contributed by atoms with van der Waals surface area (Å²) in [6, 6.07) is 11.5. The number of hydrogen-bond acceptors (Lipinski definition) is 6. The van der Waals surface area contributed by atoms with Crippen LogP contribution in [0.25, 0.3) is 11.4 Å². The first-order chi connectivity index (χ1) is 14.6. The second-order valence-corrected chi connectivity index (χ2v) is 8.54. The Kier molecular flexibility index (Phi) is 6.44. The van der Waals surface area contributed by atoms with Crippen molar-refractivity contribution in [1.82, 2.24) is 25.1 Å². The van der Waals surface area contributed by atoms with Gasteiger partial charge in [0, 0.05) is 28.5 Å². The highest BCUT2D eigenvalue weighted by atomic mass is 79.9. The van der Waals surface area contributed by atoms with Crippen LogP contribution in [0.2, 0.25) is 0 Å². The molecule has 10 heteroatoms. The largest absolute Gasteiger partial charge is 0.346 e. The van der Waals surface area contributed by atoms with Crippen molar-refractivity contribution in [3.05, 3.63) is 53.3 Å². The number of amides is 2. The van der Waals surface area contributed by atoms with Gasteiger partial charge in [-0.1, -0.05) is 23.9 Å². The molecule has 0 radical (unpaired) electrons. The van der Waals surface area contributed by atoms with Crippen molar-refractivity contribution in [2.75, 3.05) is 17.6 Å². The van der Waals surface area contributed by atoms with Crippen molar-refractivity contribution in [3.8, 4) is 11.4 Å². The maximum absolute atomic E-state index is 12.2. The summed E-state index contributed by atoms with van der Waals surface area (Å²) in [6.45, 7) is -0.100. The number of nitrogens with one attached hydrogen (secondary N) is 2. The Hall–Kier alpha value is -2.72. The Balaban J connectivity index is 1.32. The van der Waals surface area contributed by atoms with Gasteiger partial charge in [0.25, 0.3) is 0 Å². The minimum atomic E-state index is -0.291. The summed E-state index contributed by atoms with van der Waals surface area (Å²) in [5, 5.41) is 14.7. The Bertz CT molecular complexity index is 1050. The first kappa shape index (κ1) is 20.5. The molecule has 0 aliphatic heterocycles. The summed E-state index contributed by atoms with van der Waals surface area (Å²) in [5.74, 6) is 0.386. The third-order valence-electron chi connectivity index (χ3n) is 4.42. The van der Waals surface area contributed by atoms with E-state index in [1.165, 1.54) is 11.8 Å². The fraction of sp³-hybridized carbons (Fsp3) is 0.250. The van der Waals surface area contributed by atoms with Crippen molar-refractivity contribution in [1.29, 1.82) is 0 Å². The molecule has 8 nitrogen and oxygen atoms in total. The number of halogens is 1. The molecular formula is C20H19BrN6O2S. The summed E-state index contributed by atoms with van der Waals surface area (Å²) in [6.07, 6.45) is 5.61. The molecular weight excluding hydrogens is 468 g/mol. The van der Waals surface area contributed by atoms with Crippen LogP contribution in [0.5, 0.6) is 0 Å². The average molecular weight is 487 g/mol. The molecule has 0 bridgehead atoms. The zero-order valence-electron chi connectivity index (χ0n) is 15.9. The van der Waals surface area contributed by atoms with Gasteiger partial charge in [-0.15, -0.1) is 10.2 Å². The molecule has 0 saturated heterocycles. The van der Waals surface area contributed by atoms with Gasteiger partial charge in [-0.2, -0.15) is 0 Å². The van der Waals surface area contributed by atoms with E-state index in [4.69, 9.17) is 0 Å². The fourth-order valence-electron chi connectivity index (χ4n) is 2.85. The van der Waals surface area contributed by atoms with E-state index in [0.717, 1.165) is 28.7 Å². The Morgan fingerprint density at radius 3 is 2.70 bits per heavy atom. The second kappa shape index (κ2) is 9.40. The minimum absolute atomic E-state index is 0.100. The molecule has 2 amide bonds. The molecule has 154 valence electrons. The highest BCUT2D eigenvalue weighted by Crippen LogP contribution is 2.40. The maximum atomic E-state index is 12.2. The van der Waals surface area contributed by atoms with Crippen LogP contribution in [-0.2, 0) is 9.59 Å². The van der Waals surface area contributed by atoms with Gasteiger partial charge in [0.15, 0.2) is 11.0 Å². The number of anilines is 1. The average Bonchev–Trinajstić information content (AvgIpc) is 3.52. The first-order valence-corrected chi connectivity index (χ1v) is 11.2. The molecule has 2 N–H and O–H groups in total. The molecule has 2 heterocycles. The highest BCUT2D eigenvalue weighted by Gasteiger charge is 2.30. The molecule has 1 aromatic carbocycles. The van der Waals surface area contributed by atoms with Crippen LogP contribution in [0, 0.1) is 0 Å². The highest BCUT2D eigenvalue weighted by molar-refractivity contribution is 9.10. The Morgan fingerprint density at radius 1 is 1.13 bits per heavy atom. The van der Waals surface area contributed by atoms with Gasteiger partial charge in [0.05, 0.1) is 18.0 Å². The van der Waals surface area contributed by atoms with E-state index in [0.29, 0.717) is 16.9 Å². The Labute approximate surface area is 186 Å². The lowest BCUT2D eigenvalue weighted by Gasteiger charge is -2.09. The van der Waals surface area contributed by atoms with Crippen molar-refractivity contribution in [2.45, 2.75) is 24.0 Å². The van der Waals surface area contributed by atoms with Gasteiger partial charge in [-0.25, -0.2) is 0 Å².